The van der Waals surface area contributed by atoms with Crippen LogP contribution in [-0.4, -0.2) is 50.4 Å². The van der Waals surface area contributed by atoms with Crippen molar-refractivity contribution < 1.29 is 9.47 Å². The van der Waals surface area contributed by atoms with Crippen molar-refractivity contribution in [2.24, 2.45) is 5.92 Å². The highest BCUT2D eigenvalue weighted by atomic mass is 16.5. The van der Waals surface area contributed by atoms with Crippen LogP contribution in [0.3, 0.4) is 0 Å². The molecule has 0 spiro atoms. The summed E-state index contributed by atoms with van der Waals surface area (Å²) in [6.07, 6.45) is 2.29. The standard InChI is InChI=1S/C14H24N4O2/c1-10(15-2)11-5-7-18(8-6-11)14-16-12(19-3)9-13(17-14)20-4/h9-11,15H,5-8H2,1-4H3. The van der Waals surface area contributed by atoms with Crippen molar-refractivity contribution in [2.75, 3.05) is 39.3 Å². The predicted molar refractivity (Wildman–Crippen MR) is 78.6 cm³/mol. The first-order valence-electron chi connectivity index (χ1n) is 7.07. The Bertz CT molecular complexity index is 411. The van der Waals surface area contributed by atoms with E-state index in [1.807, 2.05) is 7.05 Å². The number of ether oxygens (including phenoxy) is 2. The first kappa shape index (κ1) is 14.8. The summed E-state index contributed by atoms with van der Waals surface area (Å²) in [5.74, 6) is 2.48. The summed E-state index contributed by atoms with van der Waals surface area (Å²) in [5, 5.41) is 3.34. The second-order valence-electron chi connectivity index (χ2n) is 5.15. The topological polar surface area (TPSA) is 59.5 Å². The number of nitrogens with zero attached hydrogens (tertiary/aromatic N) is 3. The van der Waals surface area contributed by atoms with E-state index in [-0.39, 0.29) is 0 Å². The lowest BCUT2D eigenvalue weighted by molar-refractivity contribution is 0.320. The van der Waals surface area contributed by atoms with Gasteiger partial charge in [0, 0.05) is 19.1 Å². The highest BCUT2D eigenvalue weighted by molar-refractivity contribution is 5.37. The number of aromatic nitrogens is 2. The van der Waals surface area contributed by atoms with Crippen LogP contribution in [0.5, 0.6) is 11.8 Å². The van der Waals surface area contributed by atoms with E-state index in [0.717, 1.165) is 25.9 Å². The zero-order chi connectivity index (χ0) is 14.5. The molecule has 2 rings (SSSR count). The van der Waals surface area contributed by atoms with Gasteiger partial charge in [-0.1, -0.05) is 0 Å². The summed E-state index contributed by atoms with van der Waals surface area (Å²) in [5.41, 5.74) is 0. The van der Waals surface area contributed by atoms with Gasteiger partial charge in [-0.15, -0.1) is 0 Å². The van der Waals surface area contributed by atoms with Gasteiger partial charge in [0.1, 0.15) is 0 Å². The average Bonchev–Trinajstić information content (AvgIpc) is 2.53. The zero-order valence-corrected chi connectivity index (χ0v) is 12.7. The minimum Gasteiger partial charge on any atom is -0.481 e. The van der Waals surface area contributed by atoms with Crippen LogP contribution in [0.15, 0.2) is 6.07 Å². The molecule has 112 valence electrons. The second-order valence-corrected chi connectivity index (χ2v) is 5.15. The molecule has 0 saturated carbocycles. The molecule has 0 amide bonds. The monoisotopic (exact) mass is 280 g/mol. The molecule has 0 radical (unpaired) electrons. The van der Waals surface area contributed by atoms with Crippen molar-refractivity contribution in [3.8, 4) is 11.8 Å². The molecule has 0 aromatic carbocycles. The van der Waals surface area contributed by atoms with Crippen LogP contribution in [0.2, 0.25) is 0 Å². The Balaban J connectivity index is 2.06. The van der Waals surface area contributed by atoms with Crippen molar-refractivity contribution in [1.82, 2.24) is 15.3 Å². The third kappa shape index (κ3) is 3.30. The summed E-state index contributed by atoms with van der Waals surface area (Å²) in [4.78, 5) is 11.0. The number of hydrogen-bond acceptors (Lipinski definition) is 6. The molecule has 0 bridgehead atoms. The summed E-state index contributed by atoms with van der Waals surface area (Å²) in [6, 6.07) is 2.25. The molecule has 1 saturated heterocycles. The molecular weight excluding hydrogens is 256 g/mol. The number of rotatable bonds is 5. The average molecular weight is 280 g/mol. The normalized spacial score (nSPS) is 17.9. The molecule has 6 nitrogen and oxygen atoms in total. The lowest BCUT2D eigenvalue weighted by Gasteiger charge is -2.34. The largest absolute Gasteiger partial charge is 0.481 e. The van der Waals surface area contributed by atoms with Gasteiger partial charge in [-0.3, -0.25) is 0 Å². The van der Waals surface area contributed by atoms with E-state index in [2.05, 4.69) is 27.1 Å². The van der Waals surface area contributed by atoms with Crippen molar-refractivity contribution in [1.29, 1.82) is 0 Å². The van der Waals surface area contributed by atoms with E-state index in [4.69, 9.17) is 9.47 Å². The summed E-state index contributed by atoms with van der Waals surface area (Å²) in [6.45, 7) is 4.17. The zero-order valence-electron chi connectivity index (χ0n) is 12.7. The van der Waals surface area contributed by atoms with E-state index in [1.54, 1.807) is 20.3 Å². The SMILES string of the molecule is CNC(C)C1CCN(c2nc(OC)cc(OC)n2)CC1. The summed E-state index contributed by atoms with van der Waals surface area (Å²) >= 11 is 0. The van der Waals surface area contributed by atoms with Crippen LogP contribution >= 0.6 is 0 Å². The van der Waals surface area contributed by atoms with Gasteiger partial charge in [-0.05, 0) is 32.7 Å². The van der Waals surface area contributed by atoms with Gasteiger partial charge < -0.3 is 19.7 Å². The van der Waals surface area contributed by atoms with E-state index in [1.165, 1.54) is 0 Å². The number of nitrogens with one attached hydrogen (secondary N) is 1. The lowest BCUT2D eigenvalue weighted by atomic mass is 9.90. The third-order valence-corrected chi connectivity index (χ3v) is 4.07. The van der Waals surface area contributed by atoms with Crippen LogP contribution in [0.25, 0.3) is 0 Å². The highest BCUT2D eigenvalue weighted by Crippen LogP contribution is 2.26. The molecule has 20 heavy (non-hydrogen) atoms. The molecule has 2 heterocycles. The molecule has 6 heteroatoms. The van der Waals surface area contributed by atoms with Gasteiger partial charge in [0.25, 0.3) is 0 Å². The number of methoxy groups -OCH3 is 2. The van der Waals surface area contributed by atoms with Crippen LogP contribution in [0.1, 0.15) is 19.8 Å². The number of anilines is 1. The van der Waals surface area contributed by atoms with E-state index >= 15 is 0 Å². The predicted octanol–water partition coefficient (Wildman–Crippen LogP) is 1.32. The van der Waals surface area contributed by atoms with E-state index in [9.17, 15) is 0 Å². The Hall–Kier alpha value is -1.56. The van der Waals surface area contributed by atoms with Crippen LogP contribution < -0.4 is 19.7 Å². The van der Waals surface area contributed by atoms with Gasteiger partial charge in [0.15, 0.2) is 0 Å². The molecule has 1 aliphatic rings. The van der Waals surface area contributed by atoms with Gasteiger partial charge in [0.05, 0.1) is 20.3 Å². The Kier molecular flexibility index (Phi) is 5.00. The molecule has 0 aliphatic carbocycles. The van der Waals surface area contributed by atoms with Crippen molar-refractivity contribution >= 4 is 5.95 Å². The molecule has 1 atom stereocenters. The Morgan fingerprint density at radius 1 is 1.20 bits per heavy atom. The summed E-state index contributed by atoms with van der Waals surface area (Å²) < 4.78 is 10.4. The van der Waals surface area contributed by atoms with E-state index in [0.29, 0.717) is 29.7 Å². The maximum Gasteiger partial charge on any atom is 0.231 e. The molecule has 1 fully saturated rings. The second kappa shape index (κ2) is 6.74. The van der Waals surface area contributed by atoms with Crippen molar-refractivity contribution in [2.45, 2.75) is 25.8 Å². The minimum absolute atomic E-state index is 0.539. The number of hydrogen-bond donors (Lipinski definition) is 1. The summed E-state index contributed by atoms with van der Waals surface area (Å²) in [7, 11) is 5.23. The van der Waals surface area contributed by atoms with Crippen LogP contribution in [0, 0.1) is 5.92 Å². The van der Waals surface area contributed by atoms with Gasteiger partial charge in [0.2, 0.25) is 17.7 Å². The molecule has 1 aliphatic heterocycles. The third-order valence-electron chi connectivity index (χ3n) is 4.07. The molecule has 1 N–H and O–H groups in total. The van der Waals surface area contributed by atoms with Crippen LogP contribution in [-0.2, 0) is 0 Å². The molecule has 1 aromatic heterocycles. The Labute approximate surface area is 120 Å². The fourth-order valence-corrected chi connectivity index (χ4v) is 2.58. The van der Waals surface area contributed by atoms with Gasteiger partial charge in [-0.25, -0.2) is 0 Å². The van der Waals surface area contributed by atoms with Crippen molar-refractivity contribution in [3.05, 3.63) is 6.07 Å². The smallest absolute Gasteiger partial charge is 0.231 e. The molecular formula is C14H24N4O2. The molecule has 1 unspecified atom stereocenters. The quantitative estimate of drug-likeness (QED) is 0.878. The Morgan fingerprint density at radius 3 is 2.20 bits per heavy atom. The fourth-order valence-electron chi connectivity index (χ4n) is 2.58. The Morgan fingerprint density at radius 2 is 1.75 bits per heavy atom. The number of piperidine rings is 1. The van der Waals surface area contributed by atoms with Gasteiger partial charge in [-0.2, -0.15) is 9.97 Å². The first-order chi connectivity index (χ1) is 9.67. The fraction of sp³-hybridized carbons (Fsp3) is 0.714. The maximum absolute atomic E-state index is 5.20. The first-order valence-corrected chi connectivity index (χ1v) is 7.07. The highest BCUT2D eigenvalue weighted by Gasteiger charge is 2.25. The maximum atomic E-state index is 5.20. The minimum atomic E-state index is 0.539. The van der Waals surface area contributed by atoms with E-state index < -0.39 is 0 Å². The lowest BCUT2D eigenvalue weighted by Crippen LogP contribution is -2.41. The van der Waals surface area contributed by atoms with Crippen molar-refractivity contribution in [3.63, 3.8) is 0 Å². The molecule has 1 aromatic rings. The van der Waals surface area contributed by atoms with Crippen LogP contribution in [0.4, 0.5) is 5.95 Å². The van der Waals surface area contributed by atoms with Gasteiger partial charge >= 0.3 is 0 Å².